The largest absolute Gasteiger partial charge is 0.366 e. The fourth-order valence-electron chi connectivity index (χ4n) is 1.78. The lowest BCUT2D eigenvalue weighted by molar-refractivity contribution is 0.118. The molecule has 0 aromatic heterocycles. The molecule has 0 heterocycles. The number of hydrogen-bond acceptors (Lipinski definition) is 3. The molecule has 0 aliphatic carbocycles. The van der Waals surface area contributed by atoms with Gasteiger partial charge in [0.1, 0.15) is 0 Å². The number of ether oxygens (including phenoxy) is 1. The molecule has 0 aliphatic heterocycles. The molecule has 104 valence electrons. The second kappa shape index (κ2) is 15.9. The molecule has 0 radical (unpaired) electrons. The van der Waals surface area contributed by atoms with E-state index in [0.29, 0.717) is 6.73 Å². The Hall–Kier alpha value is -0.120. The van der Waals surface area contributed by atoms with E-state index >= 15 is 0 Å². The lowest BCUT2D eigenvalue weighted by Gasteiger charge is -2.05. The highest BCUT2D eigenvalue weighted by atomic mass is 16.5. The second-order valence-electron chi connectivity index (χ2n) is 4.63. The first-order chi connectivity index (χ1) is 8.41. The molecule has 0 bridgehead atoms. The summed E-state index contributed by atoms with van der Waals surface area (Å²) in [4.78, 5) is 0. The van der Waals surface area contributed by atoms with Crippen molar-refractivity contribution in [2.75, 3.05) is 33.5 Å². The van der Waals surface area contributed by atoms with Crippen molar-refractivity contribution >= 4 is 0 Å². The summed E-state index contributed by atoms with van der Waals surface area (Å²) in [5, 5.41) is 6.49. The minimum Gasteiger partial charge on any atom is -0.366 e. The maximum atomic E-state index is 5.34. The fourth-order valence-corrected chi connectivity index (χ4v) is 1.78. The van der Waals surface area contributed by atoms with Crippen LogP contribution in [0.25, 0.3) is 0 Å². The lowest BCUT2D eigenvalue weighted by Crippen LogP contribution is -2.16. The summed E-state index contributed by atoms with van der Waals surface area (Å²) < 4.78 is 5.34. The topological polar surface area (TPSA) is 33.3 Å². The second-order valence-corrected chi connectivity index (χ2v) is 4.63. The van der Waals surface area contributed by atoms with Gasteiger partial charge in [0.25, 0.3) is 0 Å². The molecule has 0 saturated heterocycles. The molecule has 0 saturated carbocycles. The van der Waals surface area contributed by atoms with E-state index < -0.39 is 0 Å². The fraction of sp³-hybridized carbons (Fsp3) is 1.00. The average molecular weight is 244 g/mol. The van der Waals surface area contributed by atoms with Crippen molar-refractivity contribution in [3.63, 3.8) is 0 Å². The van der Waals surface area contributed by atoms with E-state index in [-0.39, 0.29) is 0 Å². The highest BCUT2D eigenvalue weighted by molar-refractivity contribution is 4.50. The predicted molar refractivity (Wildman–Crippen MR) is 75.4 cm³/mol. The van der Waals surface area contributed by atoms with Gasteiger partial charge in [0.05, 0.1) is 6.73 Å². The van der Waals surface area contributed by atoms with Gasteiger partial charge < -0.3 is 10.1 Å². The summed E-state index contributed by atoms with van der Waals surface area (Å²) in [5.41, 5.74) is 0. The average Bonchev–Trinajstić information content (AvgIpc) is 2.35. The summed E-state index contributed by atoms with van der Waals surface area (Å²) in [6.45, 7) is 6.22. The first kappa shape index (κ1) is 16.9. The van der Waals surface area contributed by atoms with Crippen molar-refractivity contribution in [2.24, 2.45) is 0 Å². The number of unbranched alkanes of at least 4 members (excludes halogenated alkanes) is 6. The molecule has 0 aromatic carbocycles. The molecular weight excluding hydrogens is 212 g/mol. The van der Waals surface area contributed by atoms with E-state index in [2.05, 4.69) is 17.6 Å². The zero-order chi connectivity index (χ0) is 12.6. The van der Waals surface area contributed by atoms with Crippen LogP contribution in [0, 0.1) is 0 Å². The van der Waals surface area contributed by atoms with Crippen molar-refractivity contribution in [1.29, 1.82) is 0 Å². The third kappa shape index (κ3) is 15.9. The van der Waals surface area contributed by atoms with Crippen LogP contribution in [-0.2, 0) is 4.74 Å². The molecule has 0 aliphatic rings. The molecule has 0 fully saturated rings. The Morgan fingerprint density at radius 1 is 0.824 bits per heavy atom. The summed E-state index contributed by atoms with van der Waals surface area (Å²) in [6.07, 6.45) is 10.5. The number of rotatable bonds is 14. The van der Waals surface area contributed by atoms with E-state index in [4.69, 9.17) is 4.74 Å². The molecule has 2 N–H and O–H groups in total. The first-order valence-corrected chi connectivity index (χ1v) is 7.35. The number of hydrogen-bond donors (Lipinski definition) is 2. The van der Waals surface area contributed by atoms with E-state index in [0.717, 1.165) is 6.61 Å². The van der Waals surface area contributed by atoms with E-state index in [1.165, 1.54) is 64.5 Å². The van der Waals surface area contributed by atoms with Crippen LogP contribution in [0.1, 0.15) is 58.3 Å². The van der Waals surface area contributed by atoms with Crippen LogP contribution in [0.4, 0.5) is 0 Å². The Bertz CT molecular complexity index is 117. The standard InChI is InChI=1S/C14H32N2O/c1-3-4-5-8-11-16-12-9-6-7-10-13-17-14-15-2/h15-16H,3-14H2,1-2H3. The molecular formula is C14H32N2O. The Balaban J connectivity index is 2.85. The molecule has 3 nitrogen and oxygen atoms in total. The van der Waals surface area contributed by atoms with Gasteiger partial charge in [-0.15, -0.1) is 0 Å². The minimum absolute atomic E-state index is 0.680. The van der Waals surface area contributed by atoms with Gasteiger partial charge in [0, 0.05) is 6.61 Å². The van der Waals surface area contributed by atoms with Crippen molar-refractivity contribution in [1.82, 2.24) is 10.6 Å². The highest BCUT2D eigenvalue weighted by Gasteiger charge is 1.92. The van der Waals surface area contributed by atoms with Gasteiger partial charge >= 0.3 is 0 Å². The minimum atomic E-state index is 0.680. The monoisotopic (exact) mass is 244 g/mol. The van der Waals surface area contributed by atoms with Crippen molar-refractivity contribution < 1.29 is 4.74 Å². The van der Waals surface area contributed by atoms with Crippen molar-refractivity contribution in [3.8, 4) is 0 Å². The molecule has 0 atom stereocenters. The molecule has 0 unspecified atom stereocenters. The lowest BCUT2D eigenvalue weighted by atomic mass is 10.2. The molecule has 0 amide bonds. The van der Waals surface area contributed by atoms with Gasteiger partial charge in [0.15, 0.2) is 0 Å². The van der Waals surface area contributed by atoms with Crippen LogP contribution in [0.5, 0.6) is 0 Å². The molecule has 3 heteroatoms. The first-order valence-electron chi connectivity index (χ1n) is 7.35. The van der Waals surface area contributed by atoms with E-state index in [1.54, 1.807) is 0 Å². The Morgan fingerprint density at radius 3 is 2.12 bits per heavy atom. The zero-order valence-electron chi connectivity index (χ0n) is 11.9. The van der Waals surface area contributed by atoms with Crippen LogP contribution < -0.4 is 10.6 Å². The number of nitrogens with one attached hydrogen (secondary N) is 2. The van der Waals surface area contributed by atoms with Gasteiger partial charge in [0.2, 0.25) is 0 Å². The SMILES string of the molecule is CCCCCCNCCCCCCOCNC. The molecule has 0 aromatic rings. The van der Waals surface area contributed by atoms with Crippen LogP contribution >= 0.6 is 0 Å². The van der Waals surface area contributed by atoms with Gasteiger partial charge in [-0.05, 0) is 39.4 Å². The normalized spacial score (nSPS) is 10.9. The Morgan fingerprint density at radius 2 is 1.47 bits per heavy atom. The van der Waals surface area contributed by atoms with Crippen molar-refractivity contribution in [3.05, 3.63) is 0 Å². The van der Waals surface area contributed by atoms with E-state index in [1.807, 2.05) is 7.05 Å². The van der Waals surface area contributed by atoms with Gasteiger partial charge in [-0.3, -0.25) is 5.32 Å². The molecule has 0 spiro atoms. The molecule has 0 rings (SSSR count). The van der Waals surface area contributed by atoms with Gasteiger partial charge in [-0.25, -0.2) is 0 Å². The molecule has 17 heavy (non-hydrogen) atoms. The Labute approximate surface area is 108 Å². The van der Waals surface area contributed by atoms with Crippen LogP contribution in [0.15, 0.2) is 0 Å². The smallest absolute Gasteiger partial charge is 0.0962 e. The van der Waals surface area contributed by atoms with E-state index in [9.17, 15) is 0 Å². The summed E-state index contributed by atoms with van der Waals surface area (Å²) in [7, 11) is 1.91. The maximum Gasteiger partial charge on any atom is 0.0962 e. The summed E-state index contributed by atoms with van der Waals surface area (Å²) >= 11 is 0. The Kier molecular flexibility index (Phi) is 15.8. The van der Waals surface area contributed by atoms with Gasteiger partial charge in [-0.2, -0.15) is 0 Å². The summed E-state index contributed by atoms with van der Waals surface area (Å²) in [6, 6.07) is 0. The zero-order valence-corrected chi connectivity index (χ0v) is 11.9. The third-order valence-corrected chi connectivity index (χ3v) is 2.85. The highest BCUT2D eigenvalue weighted by Crippen LogP contribution is 2.00. The maximum absolute atomic E-state index is 5.34. The summed E-state index contributed by atoms with van der Waals surface area (Å²) in [5.74, 6) is 0. The quantitative estimate of drug-likeness (QED) is 0.364. The van der Waals surface area contributed by atoms with Gasteiger partial charge in [-0.1, -0.05) is 39.0 Å². The predicted octanol–water partition coefficient (Wildman–Crippen LogP) is 2.91. The van der Waals surface area contributed by atoms with Crippen molar-refractivity contribution in [2.45, 2.75) is 58.3 Å². The van der Waals surface area contributed by atoms with Crippen LogP contribution in [0.2, 0.25) is 0 Å². The van der Waals surface area contributed by atoms with Crippen LogP contribution in [0.3, 0.4) is 0 Å². The van der Waals surface area contributed by atoms with Crippen LogP contribution in [-0.4, -0.2) is 33.5 Å². The third-order valence-electron chi connectivity index (χ3n) is 2.85.